The van der Waals surface area contributed by atoms with Crippen LogP contribution in [0.2, 0.25) is 5.02 Å². The Kier molecular flexibility index (Phi) is 3.88. The number of hydrogen-bond acceptors (Lipinski definition) is 3. The largest absolute Gasteiger partial charge is 0.376 e. The zero-order valence-electron chi connectivity index (χ0n) is 13.6. The Balaban J connectivity index is 1.57. The molecular weight excluding hydrogens is 338 g/mol. The molecule has 2 amide bonds. The SMILES string of the molecule is O=C1CC2(CCN(C(=O)c3ccc(Cl)cc3)C2)Nc2ccccc2N1. The summed E-state index contributed by atoms with van der Waals surface area (Å²) >= 11 is 5.90. The van der Waals surface area contributed by atoms with E-state index in [9.17, 15) is 9.59 Å². The Bertz CT molecular complexity index is 837. The first-order valence-corrected chi connectivity index (χ1v) is 8.64. The number of fused-ring (bicyclic) bond motifs is 1. The van der Waals surface area contributed by atoms with Gasteiger partial charge in [-0.15, -0.1) is 0 Å². The highest BCUT2D eigenvalue weighted by Gasteiger charge is 2.43. The number of carbonyl (C=O) groups is 2. The van der Waals surface area contributed by atoms with Crippen molar-refractivity contribution in [2.24, 2.45) is 0 Å². The third-order valence-electron chi connectivity index (χ3n) is 4.83. The van der Waals surface area contributed by atoms with E-state index in [0.29, 0.717) is 30.1 Å². The summed E-state index contributed by atoms with van der Waals surface area (Å²) in [6, 6.07) is 14.6. The number of rotatable bonds is 1. The molecule has 1 unspecified atom stereocenters. The van der Waals surface area contributed by atoms with Gasteiger partial charge >= 0.3 is 0 Å². The fraction of sp³-hybridized carbons (Fsp3) is 0.263. The highest BCUT2D eigenvalue weighted by molar-refractivity contribution is 6.30. The van der Waals surface area contributed by atoms with Gasteiger partial charge in [0.1, 0.15) is 0 Å². The zero-order valence-corrected chi connectivity index (χ0v) is 14.3. The highest BCUT2D eigenvalue weighted by atomic mass is 35.5. The molecule has 1 atom stereocenters. The smallest absolute Gasteiger partial charge is 0.253 e. The minimum atomic E-state index is -0.432. The van der Waals surface area contributed by atoms with Crippen LogP contribution >= 0.6 is 11.6 Å². The number of para-hydroxylation sites is 2. The maximum atomic E-state index is 12.8. The van der Waals surface area contributed by atoms with E-state index < -0.39 is 5.54 Å². The number of benzene rings is 2. The number of anilines is 2. The van der Waals surface area contributed by atoms with Crippen molar-refractivity contribution in [2.45, 2.75) is 18.4 Å². The summed E-state index contributed by atoms with van der Waals surface area (Å²) in [6.45, 7) is 1.11. The average Bonchev–Trinajstić information content (AvgIpc) is 2.93. The molecule has 2 aliphatic rings. The predicted molar refractivity (Wildman–Crippen MR) is 98.0 cm³/mol. The first-order valence-electron chi connectivity index (χ1n) is 8.27. The highest BCUT2D eigenvalue weighted by Crippen LogP contribution is 2.36. The molecule has 1 saturated heterocycles. The molecule has 2 aromatic rings. The van der Waals surface area contributed by atoms with Crippen LogP contribution in [0.25, 0.3) is 0 Å². The second kappa shape index (κ2) is 6.08. The summed E-state index contributed by atoms with van der Waals surface area (Å²) < 4.78 is 0. The zero-order chi connectivity index (χ0) is 17.4. The topological polar surface area (TPSA) is 61.4 Å². The second-order valence-corrected chi connectivity index (χ2v) is 7.10. The van der Waals surface area contributed by atoms with E-state index in [0.717, 1.165) is 17.8 Å². The molecule has 25 heavy (non-hydrogen) atoms. The van der Waals surface area contributed by atoms with Crippen molar-refractivity contribution >= 4 is 34.8 Å². The van der Waals surface area contributed by atoms with Gasteiger partial charge < -0.3 is 15.5 Å². The summed E-state index contributed by atoms with van der Waals surface area (Å²) in [7, 11) is 0. The van der Waals surface area contributed by atoms with Gasteiger partial charge in [0.25, 0.3) is 5.91 Å². The van der Waals surface area contributed by atoms with Gasteiger partial charge in [0.15, 0.2) is 0 Å². The van der Waals surface area contributed by atoms with Crippen LogP contribution in [0, 0.1) is 0 Å². The molecule has 4 rings (SSSR count). The summed E-state index contributed by atoms with van der Waals surface area (Å²) in [5.41, 5.74) is 1.86. The van der Waals surface area contributed by atoms with E-state index in [1.165, 1.54) is 0 Å². The summed E-state index contributed by atoms with van der Waals surface area (Å²) in [4.78, 5) is 26.9. The van der Waals surface area contributed by atoms with Crippen LogP contribution in [-0.2, 0) is 4.79 Å². The fourth-order valence-electron chi connectivity index (χ4n) is 3.60. The van der Waals surface area contributed by atoms with Crippen LogP contribution in [0.3, 0.4) is 0 Å². The monoisotopic (exact) mass is 355 g/mol. The molecule has 0 saturated carbocycles. The van der Waals surface area contributed by atoms with Crippen LogP contribution in [0.1, 0.15) is 23.2 Å². The number of likely N-dealkylation sites (tertiary alicyclic amines) is 1. The van der Waals surface area contributed by atoms with E-state index in [4.69, 9.17) is 11.6 Å². The van der Waals surface area contributed by atoms with Crippen LogP contribution in [0.15, 0.2) is 48.5 Å². The lowest BCUT2D eigenvalue weighted by atomic mass is 9.93. The third-order valence-corrected chi connectivity index (χ3v) is 5.08. The van der Waals surface area contributed by atoms with Gasteiger partial charge in [0.05, 0.1) is 23.3 Å². The van der Waals surface area contributed by atoms with E-state index in [1.54, 1.807) is 29.2 Å². The molecule has 128 valence electrons. The molecular formula is C19H18ClN3O2. The molecule has 0 bridgehead atoms. The number of nitrogens with zero attached hydrogens (tertiary/aromatic N) is 1. The van der Waals surface area contributed by atoms with Gasteiger partial charge in [-0.3, -0.25) is 9.59 Å². The third kappa shape index (κ3) is 3.07. The summed E-state index contributed by atoms with van der Waals surface area (Å²) in [5, 5.41) is 7.05. The van der Waals surface area contributed by atoms with Gasteiger partial charge in [0.2, 0.25) is 5.91 Å². The lowest BCUT2D eigenvalue weighted by Crippen LogP contribution is -2.43. The number of halogens is 1. The minimum Gasteiger partial charge on any atom is -0.376 e. The van der Waals surface area contributed by atoms with Crippen LogP contribution in [0.5, 0.6) is 0 Å². The van der Waals surface area contributed by atoms with Crippen molar-refractivity contribution in [1.82, 2.24) is 4.90 Å². The Morgan fingerprint density at radius 1 is 1.08 bits per heavy atom. The lowest BCUT2D eigenvalue weighted by Gasteiger charge is -2.29. The molecule has 1 spiro atoms. The first-order chi connectivity index (χ1) is 12.0. The summed E-state index contributed by atoms with van der Waals surface area (Å²) in [5.74, 6) is -0.0634. The number of hydrogen-bond donors (Lipinski definition) is 2. The first kappa shape index (κ1) is 16.0. The van der Waals surface area contributed by atoms with Crippen molar-refractivity contribution in [3.05, 3.63) is 59.1 Å². The van der Waals surface area contributed by atoms with Crippen molar-refractivity contribution in [2.75, 3.05) is 23.7 Å². The van der Waals surface area contributed by atoms with E-state index in [1.807, 2.05) is 24.3 Å². The standard InChI is InChI=1S/C19H18ClN3O2/c20-14-7-5-13(6-8-14)18(25)23-10-9-19(12-23)11-17(24)21-15-3-1-2-4-16(15)22-19/h1-8,22H,9-12H2,(H,21,24). The molecule has 5 nitrogen and oxygen atoms in total. The van der Waals surface area contributed by atoms with Crippen molar-refractivity contribution in [3.8, 4) is 0 Å². The predicted octanol–water partition coefficient (Wildman–Crippen LogP) is 3.38. The van der Waals surface area contributed by atoms with Gasteiger partial charge in [-0.2, -0.15) is 0 Å². The number of carbonyl (C=O) groups excluding carboxylic acids is 2. The van der Waals surface area contributed by atoms with Crippen molar-refractivity contribution in [1.29, 1.82) is 0 Å². The Hall–Kier alpha value is -2.53. The van der Waals surface area contributed by atoms with Gasteiger partial charge in [-0.25, -0.2) is 0 Å². The molecule has 0 radical (unpaired) electrons. The molecule has 0 aliphatic carbocycles. The van der Waals surface area contributed by atoms with Gasteiger partial charge in [-0.05, 0) is 42.8 Å². The van der Waals surface area contributed by atoms with Crippen molar-refractivity contribution < 1.29 is 9.59 Å². The maximum absolute atomic E-state index is 12.8. The molecule has 0 aromatic heterocycles. The molecule has 6 heteroatoms. The normalized spacial score (nSPS) is 22.1. The van der Waals surface area contributed by atoms with Crippen LogP contribution in [0.4, 0.5) is 11.4 Å². The Morgan fingerprint density at radius 2 is 1.80 bits per heavy atom. The van der Waals surface area contributed by atoms with E-state index in [-0.39, 0.29) is 11.8 Å². The Morgan fingerprint density at radius 3 is 2.56 bits per heavy atom. The second-order valence-electron chi connectivity index (χ2n) is 6.66. The number of nitrogens with one attached hydrogen (secondary N) is 2. The van der Waals surface area contributed by atoms with Gasteiger partial charge in [0, 0.05) is 23.7 Å². The molecule has 2 aliphatic heterocycles. The summed E-state index contributed by atoms with van der Waals surface area (Å²) in [6.07, 6.45) is 1.07. The van der Waals surface area contributed by atoms with Gasteiger partial charge in [-0.1, -0.05) is 23.7 Å². The molecule has 2 heterocycles. The maximum Gasteiger partial charge on any atom is 0.253 e. The average molecular weight is 356 g/mol. The van der Waals surface area contributed by atoms with Crippen LogP contribution in [-0.4, -0.2) is 35.3 Å². The molecule has 2 N–H and O–H groups in total. The van der Waals surface area contributed by atoms with Crippen molar-refractivity contribution in [3.63, 3.8) is 0 Å². The minimum absolute atomic E-state index is 0.0294. The fourth-order valence-corrected chi connectivity index (χ4v) is 3.73. The lowest BCUT2D eigenvalue weighted by molar-refractivity contribution is -0.117. The molecule has 1 fully saturated rings. The van der Waals surface area contributed by atoms with Crippen LogP contribution < -0.4 is 10.6 Å². The van der Waals surface area contributed by atoms with E-state index in [2.05, 4.69) is 10.6 Å². The quantitative estimate of drug-likeness (QED) is 0.824. The Labute approximate surface area is 151 Å². The van der Waals surface area contributed by atoms with E-state index >= 15 is 0 Å². The molecule has 2 aromatic carbocycles. The number of amides is 2.